The summed E-state index contributed by atoms with van der Waals surface area (Å²) in [5.74, 6) is -1.03. The first-order chi connectivity index (χ1) is 9.08. The Morgan fingerprint density at radius 3 is 2.68 bits per heavy atom. The third-order valence-electron chi connectivity index (χ3n) is 3.22. The summed E-state index contributed by atoms with van der Waals surface area (Å²) in [5.41, 5.74) is 5.46. The summed E-state index contributed by atoms with van der Waals surface area (Å²) in [4.78, 5) is 11.8. The van der Waals surface area contributed by atoms with E-state index in [2.05, 4.69) is 10.6 Å². The molecule has 0 aromatic heterocycles. The van der Waals surface area contributed by atoms with Gasteiger partial charge in [-0.1, -0.05) is 18.9 Å². The maximum atomic E-state index is 13.6. The van der Waals surface area contributed by atoms with Crippen LogP contribution in [0.2, 0.25) is 0 Å². The summed E-state index contributed by atoms with van der Waals surface area (Å²) in [6.07, 6.45) is 4.17. The average Bonchev–Trinajstić information content (AvgIpc) is 2.81. The van der Waals surface area contributed by atoms with Gasteiger partial charge in [-0.15, -0.1) is 0 Å². The number of nitrogens with two attached hydrogens (primary N) is 1. The number of anilines is 1. The SMILES string of the molecule is N=C(N)c1c(F)cccc1NC(=O)NC1CCCC1. The highest BCUT2D eigenvalue weighted by molar-refractivity contribution is 6.04. The molecule has 1 saturated carbocycles. The van der Waals surface area contributed by atoms with Crippen molar-refractivity contribution < 1.29 is 9.18 Å². The summed E-state index contributed by atoms with van der Waals surface area (Å²) in [6.45, 7) is 0. The Hall–Kier alpha value is -2.11. The van der Waals surface area contributed by atoms with Crippen molar-refractivity contribution in [2.45, 2.75) is 31.7 Å². The molecule has 6 heteroatoms. The Labute approximate surface area is 110 Å². The van der Waals surface area contributed by atoms with Crippen molar-refractivity contribution in [3.05, 3.63) is 29.6 Å². The number of carbonyl (C=O) groups excluding carboxylic acids is 1. The Bertz CT molecular complexity index is 497. The fraction of sp³-hybridized carbons (Fsp3) is 0.385. The zero-order valence-electron chi connectivity index (χ0n) is 10.5. The third-order valence-corrected chi connectivity index (χ3v) is 3.22. The molecule has 1 aromatic rings. The second-order valence-electron chi connectivity index (χ2n) is 4.66. The van der Waals surface area contributed by atoms with E-state index in [-0.39, 0.29) is 23.3 Å². The predicted octanol–water partition coefficient (Wildman–Crippen LogP) is 2.17. The molecule has 1 aliphatic carbocycles. The lowest BCUT2D eigenvalue weighted by atomic mass is 10.1. The number of hydrogen-bond donors (Lipinski definition) is 4. The molecule has 5 nitrogen and oxygen atoms in total. The highest BCUT2D eigenvalue weighted by Crippen LogP contribution is 2.20. The highest BCUT2D eigenvalue weighted by atomic mass is 19.1. The minimum absolute atomic E-state index is 0.0796. The highest BCUT2D eigenvalue weighted by Gasteiger charge is 2.18. The number of hydrogen-bond acceptors (Lipinski definition) is 2. The van der Waals surface area contributed by atoms with Gasteiger partial charge in [-0.25, -0.2) is 9.18 Å². The topological polar surface area (TPSA) is 91.0 Å². The van der Waals surface area contributed by atoms with Crippen LogP contribution >= 0.6 is 0 Å². The molecule has 1 aromatic carbocycles. The molecule has 0 radical (unpaired) electrons. The number of amidine groups is 1. The van der Waals surface area contributed by atoms with Crippen molar-refractivity contribution in [3.63, 3.8) is 0 Å². The first-order valence-corrected chi connectivity index (χ1v) is 6.28. The monoisotopic (exact) mass is 264 g/mol. The van der Waals surface area contributed by atoms with E-state index in [4.69, 9.17) is 11.1 Å². The molecule has 2 amide bonds. The van der Waals surface area contributed by atoms with Crippen molar-refractivity contribution in [1.82, 2.24) is 5.32 Å². The van der Waals surface area contributed by atoms with E-state index >= 15 is 0 Å². The number of carbonyl (C=O) groups is 1. The molecular weight excluding hydrogens is 247 g/mol. The molecule has 1 fully saturated rings. The summed E-state index contributed by atoms with van der Waals surface area (Å²) in [5, 5.41) is 12.7. The number of nitrogens with one attached hydrogen (secondary N) is 3. The zero-order valence-corrected chi connectivity index (χ0v) is 10.5. The second-order valence-corrected chi connectivity index (χ2v) is 4.66. The molecule has 5 N–H and O–H groups in total. The molecule has 19 heavy (non-hydrogen) atoms. The molecule has 0 saturated heterocycles. The van der Waals surface area contributed by atoms with Crippen LogP contribution < -0.4 is 16.4 Å². The molecule has 2 rings (SSSR count). The van der Waals surface area contributed by atoms with E-state index in [9.17, 15) is 9.18 Å². The van der Waals surface area contributed by atoms with Crippen LogP contribution in [-0.4, -0.2) is 17.9 Å². The van der Waals surface area contributed by atoms with Crippen molar-refractivity contribution in [2.75, 3.05) is 5.32 Å². The second kappa shape index (κ2) is 5.69. The quantitative estimate of drug-likeness (QED) is 0.497. The Kier molecular flexibility index (Phi) is 3.99. The number of urea groups is 1. The van der Waals surface area contributed by atoms with Crippen molar-refractivity contribution in [3.8, 4) is 0 Å². The number of halogens is 1. The number of nitrogen functional groups attached to an aromatic ring is 1. The van der Waals surface area contributed by atoms with Gasteiger partial charge in [-0.2, -0.15) is 0 Å². The summed E-state index contributed by atoms with van der Waals surface area (Å²) in [6, 6.07) is 3.98. The van der Waals surface area contributed by atoms with Gasteiger partial charge in [0.15, 0.2) is 0 Å². The molecule has 102 valence electrons. The smallest absolute Gasteiger partial charge is 0.319 e. The lowest BCUT2D eigenvalue weighted by molar-refractivity contribution is 0.248. The standard InChI is InChI=1S/C13H17FN4O/c14-9-6-3-7-10(11(9)12(15)16)18-13(19)17-8-4-1-2-5-8/h3,6-8H,1-2,4-5H2,(H3,15,16)(H2,17,18,19). The fourth-order valence-corrected chi connectivity index (χ4v) is 2.32. The van der Waals surface area contributed by atoms with Crippen LogP contribution in [0.3, 0.4) is 0 Å². The maximum absolute atomic E-state index is 13.6. The Morgan fingerprint density at radius 1 is 1.37 bits per heavy atom. The Morgan fingerprint density at radius 2 is 2.05 bits per heavy atom. The normalized spacial score (nSPS) is 15.2. The van der Waals surface area contributed by atoms with Crippen LogP contribution in [0, 0.1) is 11.2 Å². The van der Waals surface area contributed by atoms with E-state index in [1.807, 2.05) is 0 Å². The van der Waals surface area contributed by atoms with Gasteiger partial charge in [-0.05, 0) is 25.0 Å². The molecule has 0 heterocycles. The van der Waals surface area contributed by atoms with Gasteiger partial charge in [0, 0.05) is 6.04 Å². The van der Waals surface area contributed by atoms with Crippen LogP contribution in [0.1, 0.15) is 31.2 Å². The van der Waals surface area contributed by atoms with Crippen LogP contribution in [0.25, 0.3) is 0 Å². The fourth-order valence-electron chi connectivity index (χ4n) is 2.32. The molecule has 1 aliphatic rings. The molecule has 0 bridgehead atoms. The number of rotatable bonds is 3. The van der Waals surface area contributed by atoms with Crippen LogP contribution in [0.4, 0.5) is 14.9 Å². The van der Waals surface area contributed by atoms with Gasteiger partial charge in [0.2, 0.25) is 0 Å². The minimum atomic E-state index is -0.619. The molecule has 0 unspecified atom stereocenters. The first-order valence-electron chi connectivity index (χ1n) is 6.28. The van der Waals surface area contributed by atoms with Gasteiger partial charge in [0.1, 0.15) is 11.7 Å². The van der Waals surface area contributed by atoms with Gasteiger partial charge in [-0.3, -0.25) is 5.41 Å². The minimum Gasteiger partial charge on any atom is -0.384 e. The number of amides is 2. The van der Waals surface area contributed by atoms with Crippen molar-refractivity contribution >= 4 is 17.6 Å². The van der Waals surface area contributed by atoms with Gasteiger partial charge in [0.05, 0.1) is 11.3 Å². The lowest BCUT2D eigenvalue weighted by Crippen LogP contribution is -2.36. The molecule has 0 spiro atoms. The maximum Gasteiger partial charge on any atom is 0.319 e. The van der Waals surface area contributed by atoms with E-state index in [1.165, 1.54) is 18.2 Å². The lowest BCUT2D eigenvalue weighted by Gasteiger charge is -2.15. The summed E-state index contributed by atoms with van der Waals surface area (Å²) >= 11 is 0. The molecule has 0 atom stereocenters. The van der Waals surface area contributed by atoms with E-state index < -0.39 is 11.7 Å². The summed E-state index contributed by atoms with van der Waals surface area (Å²) < 4.78 is 13.6. The zero-order chi connectivity index (χ0) is 13.8. The summed E-state index contributed by atoms with van der Waals surface area (Å²) in [7, 11) is 0. The average molecular weight is 264 g/mol. The predicted molar refractivity (Wildman–Crippen MR) is 71.8 cm³/mol. The first kappa shape index (κ1) is 13.3. The van der Waals surface area contributed by atoms with Gasteiger partial charge >= 0.3 is 6.03 Å². The van der Waals surface area contributed by atoms with Crippen LogP contribution in [0.15, 0.2) is 18.2 Å². The molecular formula is C13H17FN4O. The van der Waals surface area contributed by atoms with Gasteiger partial charge in [0.25, 0.3) is 0 Å². The van der Waals surface area contributed by atoms with E-state index in [1.54, 1.807) is 0 Å². The van der Waals surface area contributed by atoms with E-state index in [0.717, 1.165) is 25.7 Å². The largest absolute Gasteiger partial charge is 0.384 e. The number of benzene rings is 1. The third kappa shape index (κ3) is 3.21. The van der Waals surface area contributed by atoms with E-state index in [0.29, 0.717) is 0 Å². The Balaban J connectivity index is 2.07. The van der Waals surface area contributed by atoms with Crippen LogP contribution in [-0.2, 0) is 0 Å². The van der Waals surface area contributed by atoms with Crippen LogP contribution in [0.5, 0.6) is 0 Å². The van der Waals surface area contributed by atoms with Gasteiger partial charge < -0.3 is 16.4 Å². The van der Waals surface area contributed by atoms with Crippen molar-refractivity contribution in [1.29, 1.82) is 5.41 Å². The van der Waals surface area contributed by atoms with Crippen molar-refractivity contribution in [2.24, 2.45) is 5.73 Å². The molecule has 0 aliphatic heterocycles.